The summed E-state index contributed by atoms with van der Waals surface area (Å²) in [6, 6.07) is 0. The van der Waals surface area contributed by atoms with E-state index >= 15 is 0 Å². The molecular formula is C7H21O3Si4. The SMILES string of the molecule is C[Si](C)O[Si](C)O[Si](C)(C)O[Si](C)C. The second-order valence-electron chi connectivity index (χ2n) is 4.01. The fourth-order valence-corrected chi connectivity index (χ4v) is 11.3. The van der Waals surface area contributed by atoms with Gasteiger partial charge in [0.15, 0.2) is 18.1 Å². The predicted octanol–water partition coefficient (Wildman–Crippen LogP) is 2.36. The Morgan fingerprint density at radius 3 is 1.64 bits per heavy atom. The van der Waals surface area contributed by atoms with Gasteiger partial charge in [0.25, 0.3) is 0 Å². The monoisotopic (exact) mass is 265 g/mol. The molecule has 0 heterocycles. The van der Waals surface area contributed by atoms with Crippen LogP contribution in [0.3, 0.4) is 0 Å². The molecule has 3 nitrogen and oxygen atoms in total. The highest BCUT2D eigenvalue weighted by molar-refractivity contribution is 6.78. The molecular weight excluding hydrogens is 244 g/mol. The van der Waals surface area contributed by atoms with Crippen molar-refractivity contribution in [1.82, 2.24) is 0 Å². The first-order chi connectivity index (χ1) is 6.23. The molecule has 0 aromatic carbocycles. The molecule has 0 aliphatic carbocycles. The van der Waals surface area contributed by atoms with Crippen LogP contribution in [0.4, 0.5) is 0 Å². The summed E-state index contributed by atoms with van der Waals surface area (Å²) < 4.78 is 17.5. The number of rotatable bonds is 6. The van der Waals surface area contributed by atoms with E-state index in [9.17, 15) is 0 Å². The van der Waals surface area contributed by atoms with Crippen LogP contribution in [0.1, 0.15) is 0 Å². The molecule has 83 valence electrons. The van der Waals surface area contributed by atoms with Crippen molar-refractivity contribution in [2.24, 2.45) is 0 Å². The van der Waals surface area contributed by atoms with E-state index in [1.807, 2.05) is 0 Å². The smallest absolute Gasteiger partial charge is 0.360 e. The summed E-state index contributed by atoms with van der Waals surface area (Å²) >= 11 is 0. The highest BCUT2D eigenvalue weighted by atomic mass is 28.5. The van der Waals surface area contributed by atoms with E-state index in [2.05, 4.69) is 45.8 Å². The van der Waals surface area contributed by atoms with E-state index in [0.29, 0.717) is 0 Å². The van der Waals surface area contributed by atoms with Crippen molar-refractivity contribution in [2.75, 3.05) is 0 Å². The quantitative estimate of drug-likeness (QED) is 0.690. The van der Waals surface area contributed by atoms with Gasteiger partial charge in [-0.2, -0.15) is 0 Å². The molecule has 14 heavy (non-hydrogen) atoms. The van der Waals surface area contributed by atoms with Gasteiger partial charge in [0.05, 0.1) is 0 Å². The van der Waals surface area contributed by atoms with Gasteiger partial charge in [0.1, 0.15) is 0 Å². The van der Waals surface area contributed by atoms with Crippen molar-refractivity contribution >= 4 is 35.9 Å². The third kappa shape index (κ3) is 8.09. The second kappa shape index (κ2) is 6.36. The van der Waals surface area contributed by atoms with Crippen molar-refractivity contribution in [1.29, 1.82) is 0 Å². The molecule has 3 radical (unpaired) electrons. The molecule has 0 unspecified atom stereocenters. The van der Waals surface area contributed by atoms with Gasteiger partial charge in [-0.1, -0.05) is 0 Å². The molecule has 0 bridgehead atoms. The Hall–Kier alpha value is 0.748. The topological polar surface area (TPSA) is 27.7 Å². The summed E-state index contributed by atoms with van der Waals surface area (Å²) in [7, 11) is -4.30. The lowest BCUT2D eigenvalue weighted by Gasteiger charge is -2.28. The van der Waals surface area contributed by atoms with Gasteiger partial charge in [-0.25, -0.2) is 0 Å². The molecule has 0 saturated carbocycles. The third-order valence-electron chi connectivity index (χ3n) is 1.19. The standard InChI is InChI=1S/C7H21O3Si4/c1-11(2)8-13(5)10-14(6,7)9-12(3)4/h1-7H3. The summed E-state index contributed by atoms with van der Waals surface area (Å²) in [5.41, 5.74) is 0. The van der Waals surface area contributed by atoms with Crippen LogP contribution < -0.4 is 0 Å². The van der Waals surface area contributed by atoms with Gasteiger partial charge in [0, 0.05) is 0 Å². The largest absolute Gasteiger partial charge is 0.437 e. The van der Waals surface area contributed by atoms with Gasteiger partial charge in [-0.15, -0.1) is 0 Å². The molecule has 0 rings (SSSR count). The fraction of sp³-hybridized carbons (Fsp3) is 1.00. The lowest BCUT2D eigenvalue weighted by molar-refractivity contribution is 0.362. The van der Waals surface area contributed by atoms with Crippen molar-refractivity contribution in [2.45, 2.75) is 45.8 Å². The van der Waals surface area contributed by atoms with Crippen molar-refractivity contribution in [3.8, 4) is 0 Å². The first-order valence-corrected chi connectivity index (χ1v) is 14.2. The van der Waals surface area contributed by atoms with Crippen LogP contribution in [0, 0.1) is 0 Å². The van der Waals surface area contributed by atoms with E-state index in [1.54, 1.807) is 0 Å². The molecule has 0 aromatic rings. The Labute approximate surface area is 94.3 Å². The molecule has 0 aliphatic rings. The Kier molecular flexibility index (Phi) is 6.70. The van der Waals surface area contributed by atoms with Crippen LogP contribution in [0.25, 0.3) is 0 Å². The zero-order chi connectivity index (χ0) is 11.4. The average Bonchev–Trinajstić information content (AvgIpc) is 1.77. The van der Waals surface area contributed by atoms with Crippen LogP contribution in [0.5, 0.6) is 0 Å². The summed E-state index contributed by atoms with van der Waals surface area (Å²) in [6.45, 7) is 14.8. The van der Waals surface area contributed by atoms with Crippen LogP contribution in [0.2, 0.25) is 45.8 Å². The molecule has 7 heteroatoms. The molecule has 0 N–H and O–H groups in total. The van der Waals surface area contributed by atoms with E-state index in [4.69, 9.17) is 12.3 Å². The summed E-state index contributed by atoms with van der Waals surface area (Å²) in [5.74, 6) is 0. The summed E-state index contributed by atoms with van der Waals surface area (Å²) in [6.07, 6.45) is 0. The zero-order valence-corrected chi connectivity index (χ0v) is 14.2. The minimum Gasteiger partial charge on any atom is -0.437 e. The number of hydrogen-bond donors (Lipinski definition) is 0. The van der Waals surface area contributed by atoms with Gasteiger partial charge >= 0.3 is 17.8 Å². The summed E-state index contributed by atoms with van der Waals surface area (Å²) in [5, 5.41) is 0. The Balaban J connectivity index is 3.94. The van der Waals surface area contributed by atoms with E-state index < -0.39 is 35.9 Å². The molecule has 0 spiro atoms. The van der Waals surface area contributed by atoms with Gasteiger partial charge in [-0.3, -0.25) is 0 Å². The minimum atomic E-state index is -1.91. The molecule has 0 amide bonds. The van der Waals surface area contributed by atoms with E-state index in [-0.39, 0.29) is 0 Å². The second-order valence-corrected chi connectivity index (χ2v) is 13.9. The average molecular weight is 266 g/mol. The summed E-state index contributed by atoms with van der Waals surface area (Å²) in [4.78, 5) is 0. The van der Waals surface area contributed by atoms with Crippen LogP contribution >= 0.6 is 0 Å². The molecule has 0 saturated heterocycles. The molecule has 0 aliphatic heterocycles. The normalized spacial score (nSPS) is 13.3. The lowest BCUT2D eigenvalue weighted by Crippen LogP contribution is -2.44. The van der Waals surface area contributed by atoms with Crippen molar-refractivity contribution in [3.63, 3.8) is 0 Å². The highest BCUT2D eigenvalue weighted by Crippen LogP contribution is 2.10. The Morgan fingerprint density at radius 1 is 0.786 bits per heavy atom. The molecule has 0 fully saturated rings. The highest BCUT2D eigenvalue weighted by Gasteiger charge is 2.30. The van der Waals surface area contributed by atoms with E-state index in [1.165, 1.54) is 0 Å². The van der Waals surface area contributed by atoms with Gasteiger partial charge in [0.2, 0.25) is 0 Å². The lowest BCUT2D eigenvalue weighted by atomic mass is 11.9. The third-order valence-corrected chi connectivity index (χ3v) is 10.7. The van der Waals surface area contributed by atoms with Crippen molar-refractivity contribution < 1.29 is 12.3 Å². The maximum absolute atomic E-state index is 5.91. The van der Waals surface area contributed by atoms with E-state index in [0.717, 1.165) is 0 Å². The molecule has 0 atom stereocenters. The first-order valence-electron chi connectivity index (χ1n) is 4.72. The Morgan fingerprint density at radius 2 is 1.29 bits per heavy atom. The minimum absolute atomic E-state index is 0.638. The zero-order valence-electron chi connectivity index (χ0n) is 10.2. The van der Waals surface area contributed by atoms with Gasteiger partial charge in [-0.05, 0) is 45.8 Å². The maximum Gasteiger partial charge on any atom is 0.360 e. The van der Waals surface area contributed by atoms with Crippen LogP contribution in [-0.4, -0.2) is 35.9 Å². The predicted molar refractivity (Wildman–Crippen MR) is 67.3 cm³/mol. The Bertz CT molecular complexity index is 163. The van der Waals surface area contributed by atoms with Crippen LogP contribution in [0.15, 0.2) is 0 Å². The van der Waals surface area contributed by atoms with Crippen LogP contribution in [-0.2, 0) is 12.3 Å². The first kappa shape index (κ1) is 14.7. The fourth-order valence-electron chi connectivity index (χ4n) is 1.17. The number of hydrogen-bond acceptors (Lipinski definition) is 3. The molecule has 0 aromatic heterocycles. The maximum atomic E-state index is 5.91. The van der Waals surface area contributed by atoms with Gasteiger partial charge < -0.3 is 12.3 Å². The van der Waals surface area contributed by atoms with Crippen molar-refractivity contribution in [3.05, 3.63) is 0 Å².